The first-order chi connectivity index (χ1) is 15.2. The third-order valence-electron chi connectivity index (χ3n) is 6.07. The van der Waals surface area contributed by atoms with Gasteiger partial charge in [0, 0.05) is 18.0 Å². The van der Waals surface area contributed by atoms with Gasteiger partial charge in [-0.25, -0.2) is 13.4 Å². The quantitative estimate of drug-likeness (QED) is 0.555. The Morgan fingerprint density at radius 3 is 2.59 bits per heavy atom. The van der Waals surface area contributed by atoms with Crippen molar-refractivity contribution in [2.75, 3.05) is 17.0 Å². The molecular weight excluding hydrogens is 448 g/mol. The van der Waals surface area contributed by atoms with Gasteiger partial charge in [0.05, 0.1) is 30.0 Å². The summed E-state index contributed by atoms with van der Waals surface area (Å²) >= 11 is 6.44. The predicted octanol–water partition coefficient (Wildman–Crippen LogP) is 4.24. The van der Waals surface area contributed by atoms with Crippen LogP contribution in [0.4, 0.5) is 5.69 Å². The number of aryl methyl sites for hydroxylation is 1. The fourth-order valence-corrected chi connectivity index (χ4v) is 4.92. The van der Waals surface area contributed by atoms with Gasteiger partial charge in [-0.05, 0) is 56.0 Å². The Bertz CT molecular complexity index is 1300. The molecule has 1 saturated heterocycles. The minimum Gasteiger partial charge on any atom is -0.335 e. The number of likely N-dealkylation sites (tertiary alicyclic amines) is 1. The molecule has 170 valence electrons. The molecule has 2 aromatic carbocycles. The lowest BCUT2D eigenvalue weighted by atomic mass is 10.1. The van der Waals surface area contributed by atoms with Crippen molar-refractivity contribution in [3.05, 3.63) is 57.9 Å². The Morgan fingerprint density at radius 2 is 1.94 bits per heavy atom. The predicted molar refractivity (Wildman–Crippen MR) is 127 cm³/mol. The van der Waals surface area contributed by atoms with Gasteiger partial charge >= 0.3 is 0 Å². The third-order valence-corrected chi connectivity index (χ3v) is 7.71. The van der Waals surface area contributed by atoms with E-state index >= 15 is 0 Å². The van der Waals surface area contributed by atoms with Gasteiger partial charge < -0.3 is 9.47 Å². The molecule has 1 aromatic heterocycles. The number of imidazole rings is 1. The molecule has 3 aromatic rings. The van der Waals surface area contributed by atoms with Gasteiger partial charge in [0.25, 0.3) is 0 Å². The summed E-state index contributed by atoms with van der Waals surface area (Å²) in [5.41, 5.74) is 4.60. The zero-order valence-electron chi connectivity index (χ0n) is 18.5. The second-order valence-electron chi connectivity index (χ2n) is 8.19. The zero-order valence-corrected chi connectivity index (χ0v) is 20.1. The van der Waals surface area contributed by atoms with E-state index in [2.05, 4.69) is 4.72 Å². The molecule has 1 fully saturated rings. The van der Waals surface area contributed by atoms with Crippen molar-refractivity contribution in [1.82, 2.24) is 14.5 Å². The molecule has 1 aliphatic rings. The first-order valence-corrected chi connectivity index (χ1v) is 12.7. The second-order valence-corrected chi connectivity index (χ2v) is 10.6. The van der Waals surface area contributed by atoms with Crippen LogP contribution in [0.2, 0.25) is 5.02 Å². The highest BCUT2D eigenvalue weighted by Gasteiger charge is 2.25. The van der Waals surface area contributed by atoms with Crippen LogP contribution in [0.3, 0.4) is 0 Å². The number of rotatable bonds is 7. The lowest BCUT2D eigenvalue weighted by Crippen LogP contribution is -2.26. The standard InChI is InChI=1S/C23H27ClN4O3S/c1-4-32(30,31)26-22-16(3)15(2)12-19-23(22)25-20(14-27-11-7-10-21(27)29)28(19)13-17-8-5-6-9-18(17)24/h5-6,8-9,12,26H,4,7,10-11,13-14H2,1-3H3. The highest BCUT2D eigenvalue weighted by Crippen LogP contribution is 2.33. The van der Waals surface area contributed by atoms with E-state index in [0.29, 0.717) is 48.1 Å². The van der Waals surface area contributed by atoms with E-state index < -0.39 is 10.0 Å². The fraction of sp³-hybridized carbons (Fsp3) is 0.391. The maximum absolute atomic E-state index is 12.4. The summed E-state index contributed by atoms with van der Waals surface area (Å²) in [6.07, 6.45) is 1.38. The fourth-order valence-electron chi connectivity index (χ4n) is 4.02. The monoisotopic (exact) mass is 474 g/mol. The second kappa shape index (κ2) is 8.75. The van der Waals surface area contributed by atoms with Crippen molar-refractivity contribution < 1.29 is 13.2 Å². The summed E-state index contributed by atoms with van der Waals surface area (Å²) in [6.45, 7) is 6.98. The number of hydrogen-bond acceptors (Lipinski definition) is 4. The number of aromatic nitrogens is 2. The number of nitrogens with zero attached hydrogens (tertiary/aromatic N) is 3. The van der Waals surface area contributed by atoms with Gasteiger partial charge in [-0.2, -0.15) is 0 Å². The van der Waals surface area contributed by atoms with E-state index in [1.807, 2.05) is 48.7 Å². The van der Waals surface area contributed by atoms with Crippen LogP contribution >= 0.6 is 11.6 Å². The summed E-state index contributed by atoms with van der Waals surface area (Å²) in [6, 6.07) is 9.64. The number of fused-ring (bicyclic) bond motifs is 1. The summed E-state index contributed by atoms with van der Waals surface area (Å²) in [4.78, 5) is 19.0. The number of carbonyl (C=O) groups is 1. The number of benzene rings is 2. The molecule has 1 aliphatic heterocycles. The van der Waals surface area contributed by atoms with Gasteiger partial charge in [-0.1, -0.05) is 29.8 Å². The first kappa shape index (κ1) is 22.6. The molecule has 0 aliphatic carbocycles. The summed E-state index contributed by atoms with van der Waals surface area (Å²) in [5.74, 6) is 0.787. The van der Waals surface area contributed by atoms with Crippen molar-refractivity contribution >= 4 is 44.3 Å². The summed E-state index contributed by atoms with van der Waals surface area (Å²) < 4.78 is 29.6. The molecule has 9 heteroatoms. The molecule has 0 spiro atoms. The van der Waals surface area contributed by atoms with Crippen LogP contribution in [0.15, 0.2) is 30.3 Å². The van der Waals surface area contributed by atoms with Crippen LogP contribution < -0.4 is 4.72 Å². The van der Waals surface area contributed by atoms with Gasteiger partial charge in [-0.15, -0.1) is 0 Å². The highest BCUT2D eigenvalue weighted by molar-refractivity contribution is 7.92. The Labute approximate surface area is 193 Å². The average molecular weight is 475 g/mol. The SMILES string of the molecule is CCS(=O)(=O)Nc1c(C)c(C)cc2c1nc(CN1CCCC1=O)n2Cc1ccccc1Cl. The van der Waals surface area contributed by atoms with Gasteiger partial charge in [0.2, 0.25) is 15.9 Å². The van der Waals surface area contributed by atoms with Crippen molar-refractivity contribution in [2.24, 2.45) is 0 Å². The molecule has 4 rings (SSSR count). The number of nitrogens with one attached hydrogen (secondary N) is 1. The van der Waals surface area contributed by atoms with Crippen LogP contribution in [0.25, 0.3) is 11.0 Å². The number of anilines is 1. The lowest BCUT2D eigenvalue weighted by molar-refractivity contribution is -0.128. The first-order valence-electron chi connectivity index (χ1n) is 10.7. The molecule has 7 nitrogen and oxygen atoms in total. The molecule has 1 N–H and O–H groups in total. The van der Waals surface area contributed by atoms with Crippen molar-refractivity contribution in [3.63, 3.8) is 0 Å². The minimum atomic E-state index is -3.49. The molecule has 0 saturated carbocycles. The van der Waals surface area contributed by atoms with E-state index in [9.17, 15) is 13.2 Å². The van der Waals surface area contributed by atoms with Crippen molar-refractivity contribution in [3.8, 4) is 0 Å². The molecule has 0 bridgehead atoms. The smallest absolute Gasteiger partial charge is 0.232 e. The van der Waals surface area contributed by atoms with Gasteiger partial charge in [0.15, 0.2) is 0 Å². The third kappa shape index (κ3) is 4.34. The maximum atomic E-state index is 12.4. The number of amides is 1. The Kier molecular flexibility index (Phi) is 6.18. The number of sulfonamides is 1. The van der Waals surface area contributed by atoms with Crippen molar-refractivity contribution in [2.45, 2.75) is 46.7 Å². The number of carbonyl (C=O) groups excluding carboxylic acids is 1. The Balaban J connectivity index is 1.91. The Morgan fingerprint density at radius 1 is 1.19 bits per heavy atom. The zero-order chi connectivity index (χ0) is 23.0. The van der Waals surface area contributed by atoms with E-state index in [0.717, 1.165) is 28.6 Å². The van der Waals surface area contributed by atoms with Gasteiger partial charge in [0.1, 0.15) is 11.3 Å². The van der Waals surface area contributed by atoms with E-state index in [1.54, 1.807) is 11.8 Å². The van der Waals surface area contributed by atoms with Crippen LogP contribution in [0, 0.1) is 13.8 Å². The molecule has 1 amide bonds. The summed E-state index contributed by atoms with van der Waals surface area (Å²) in [7, 11) is -3.49. The minimum absolute atomic E-state index is 0.0304. The Hall–Kier alpha value is -2.58. The molecule has 32 heavy (non-hydrogen) atoms. The summed E-state index contributed by atoms with van der Waals surface area (Å²) in [5, 5.41) is 0.647. The van der Waals surface area contributed by atoms with Crippen LogP contribution in [-0.2, 0) is 27.9 Å². The van der Waals surface area contributed by atoms with E-state index in [4.69, 9.17) is 16.6 Å². The van der Waals surface area contributed by atoms with Gasteiger partial charge in [-0.3, -0.25) is 9.52 Å². The number of halogens is 1. The lowest BCUT2D eigenvalue weighted by Gasteiger charge is -2.17. The van der Waals surface area contributed by atoms with Crippen LogP contribution in [0.5, 0.6) is 0 Å². The van der Waals surface area contributed by atoms with Crippen molar-refractivity contribution in [1.29, 1.82) is 0 Å². The van der Waals surface area contributed by atoms with Crippen LogP contribution in [-0.4, -0.2) is 41.1 Å². The molecule has 0 unspecified atom stereocenters. The largest absolute Gasteiger partial charge is 0.335 e. The molecule has 2 heterocycles. The number of hydrogen-bond donors (Lipinski definition) is 1. The van der Waals surface area contributed by atoms with E-state index in [-0.39, 0.29) is 11.7 Å². The topological polar surface area (TPSA) is 84.3 Å². The normalized spacial score (nSPS) is 14.5. The maximum Gasteiger partial charge on any atom is 0.232 e. The molecular formula is C23H27ClN4O3S. The highest BCUT2D eigenvalue weighted by atomic mass is 35.5. The molecule has 0 radical (unpaired) electrons. The molecule has 0 atom stereocenters. The average Bonchev–Trinajstić information content (AvgIpc) is 3.31. The van der Waals surface area contributed by atoms with E-state index in [1.165, 1.54) is 0 Å². The van der Waals surface area contributed by atoms with Crippen LogP contribution in [0.1, 0.15) is 42.3 Å².